The molecule has 2 N–H and O–H groups in total. The van der Waals surface area contributed by atoms with Crippen LogP contribution in [0.4, 0.5) is 5.69 Å². The lowest BCUT2D eigenvalue weighted by Gasteiger charge is -2.41. The van der Waals surface area contributed by atoms with E-state index in [4.69, 9.17) is 0 Å². The Morgan fingerprint density at radius 1 is 1.25 bits per heavy atom. The van der Waals surface area contributed by atoms with Gasteiger partial charge in [0.2, 0.25) is 0 Å². The van der Waals surface area contributed by atoms with Gasteiger partial charge in [0, 0.05) is 49.9 Å². The summed E-state index contributed by atoms with van der Waals surface area (Å²) in [6.45, 7) is 3.64. The second-order valence-corrected chi connectivity index (χ2v) is 7.61. The summed E-state index contributed by atoms with van der Waals surface area (Å²) in [5.41, 5.74) is 0.732. The summed E-state index contributed by atoms with van der Waals surface area (Å²) in [6.07, 6.45) is 5.90. The van der Waals surface area contributed by atoms with Crippen LogP contribution in [0.3, 0.4) is 0 Å². The molecular formula is C17H24BrN3O3. The third-order valence-electron chi connectivity index (χ3n) is 5.25. The van der Waals surface area contributed by atoms with Gasteiger partial charge in [-0.05, 0) is 34.7 Å². The minimum absolute atomic E-state index is 0.0330. The second-order valence-electron chi connectivity index (χ2n) is 6.75. The number of phenolic OH excluding ortho intramolecular Hbond substituents is 1. The highest BCUT2D eigenvalue weighted by Crippen LogP contribution is 2.45. The predicted octanol–water partition coefficient (Wildman–Crippen LogP) is 3.59. The standard InChI is InChI=1S/C17H24BrN3O3/c18-15-11-13(21(23)24)10-14(17(15)22)16(12-4-2-1-3-5-12)20-8-6-19-7-9-20/h10-12,16,19,22H,1-9H2/t16-/m1/s1. The molecule has 0 aromatic heterocycles. The number of rotatable bonds is 4. The maximum absolute atomic E-state index is 11.3. The molecule has 1 saturated heterocycles. The number of nitro benzene ring substituents is 1. The SMILES string of the molecule is O=[N+]([O-])c1cc(Br)c(O)c([C@@H](C2CCCCC2)N2CCNCC2)c1. The van der Waals surface area contributed by atoms with E-state index in [0.717, 1.165) is 39.0 Å². The maximum Gasteiger partial charge on any atom is 0.271 e. The number of hydrogen-bond donors (Lipinski definition) is 2. The van der Waals surface area contributed by atoms with Crippen molar-refractivity contribution in [2.75, 3.05) is 26.2 Å². The molecule has 1 aromatic carbocycles. The second kappa shape index (κ2) is 7.80. The topological polar surface area (TPSA) is 78.6 Å². The van der Waals surface area contributed by atoms with Crippen LogP contribution in [0.1, 0.15) is 43.7 Å². The van der Waals surface area contributed by atoms with Gasteiger partial charge in [-0.25, -0.2) is 0 Å². The van der Waals surface area contributed by atoms with E-state index < -0.39 is 0 Å². The number of piperazine rings is 1. The van der Waals surface area contributed by atoms with Crippen molar-refractivity contribution in [2.24, 2.45) is 5.92 Å². The summed E-state index contributed by atoms with van der Waals surface area (Å²) in [5.74, 6) is 0.589. The third kappa shape index (κ3) is 3.73. The Morgan fingerprint density at radius 3 is 2.54 bits per heavy atom. The van der Waals surface area contributed by atoms with E-state index in [9.17, 15) is 15.2 Å². The average Bonchev–Trinajstić information content (AvgIpc) is 2.60. The molecule has 0 spiro atoms. The molecule has 0 radical (unpaired) electrons. The Bertz CT molecular complexity index is 581. The number of benzene rings is 1. The van der Waals surface area contributed by atoms with Crippen LogP contribution in [0, 0.1) is 16.0 Å². The summed E-state index contributed by atoms with van der Waals surface area (Å²) in [6, 6.07) is 3.00. The van der Waals surface area contributed by atoms with Gasteiger partial charge in [-0.2, -0.15) is 0 Å². The number of aromatic hydroxyl groups is 1. The summed E-state index contributed by atoms with van der Waals surface area (Å²) in [5, 5.41) is 25.3. The molecule has 1 aliphatic heterocycles. The maximum atomic E-state index is 11.3. The lowest BCUT2D eigenvalue weighted by Crippen LogP contribution is -2.47. The highest BCUT2D eigenvalue weighted by Gasteiger charge is 2.34. The fourth-order valence-corrected chi connectivity index (χ4v) is 4.56. The number of nitrogens with zero attached hydrogens (tertiary/aromatic N) is 2. The van der Waals surface area contributed by atoms with E-state index in [0.29, 0.717) is 16.0 Å². The molecule has 2 aliphatic rings. The zero-order chi connectivity index (χ0) is 17.1. The van der Waals surface area contributed by atoms with Crippen LogP contribution in [0.5, 0.6) is 5.75 Å². The molecule has 132 valence electrons. The van der Waals surface area contributed by atoms with Gasteiger partial charge >= 0.3 is 0 Å². The van der Waals surface area contributed by atoms with Crippen LogP contribution >= 0.6 is 15.9 Å². The number of halogens is 1. The van der Waals surface area contributed by atoms with Crippen LogP contribution in [-0.2, 0) is 0 Å². The van der Waals surface area contributed by atoms with Gasteiger partial charge in [-0.3, -0.25) is 15.0 Å². The Labute approximate surface area is 150 Å². The quantitative estimate of drug-likeness (QED) is 0.599. The van der Waals surface area contributed by atoms with Crippen molar-refractivity contribution in [3.63, 3.8) is 0 Å². The smallest absolute Gasteiger partial charge is 0.271 e. The monoisotopic (exact) mass is 397 g/mol. The van der Waals surface area contributed by atoms with Crippen molar-refractivity contribution >= 4 is 21.6 Å². The first-order valence-electron chi connectivity index (χ1n) is 8.69. The minimum atomic E-state index is -0.386. The number of non-ortho nitro benzene ring substituents is 1. The number of nitrogens with one attached hydrogen (secondary N) is 1. The van der Waals surface area contributed by atoms with Crippen LogP contribution < -0.4 is 5.32 Å². The van der Waals surface area contributed by atoms with Crippen molar-refractivity contribution in [3.05, 3.63) is 32.3 Å². The van der Waals surface area contributed by atoms with Gasteiger partial charge in [-0.15, -0.1) is 0 Å². The molecule has 3 rings (SSSR count). The molecule has 0 unspecified atom stereocenters. The van der Waals surface area contributed by atoms with Crippen molar-refractivity contribution < 1.29 is 10.0 Å². The van der Waals surface area contributed by atoms with Crippen molar-refractivity contribution in [1.82, 2.24) is 10.2 Å². The van der Waals surface area contributed by atoms with E-state index in [1.54, 1.807) is 6.07 Å². The normalized spacial score (nSPS) is 21.5. The van der Waals surface area contributed by atoms with Gasteiger partial charge in [0.1, 0.15) is 5.75 Å². The molecule has 0 bridgehead atoms. The van der Waals surface area contributed by atoms with Crippen molar-refractivity contribution in [3.8, 4) is 5.75 Å². The molecular weight excluding hydrogens is 374 g/mol. The van der Waals surface area contributed by atoms with E-state index >= 15 is 0 Å². The fraction of sp³-hybridized carbons (Fsp3) is 0.647. The number of phenols is 1. The lowest BCUT2D eigenvalue weighted by molar-refractivity contribution is -0.385. The zero-order valence-corrected chi connectivity index (χ0v) is 15.3. The van der Waals surface area contributed by atoms with Crippen molar-refractivity contribution in [1.29, 1.82) is 0 Å². The van der Waals surface area contributed by atoms with Gasteiger partial charge in [0.15, 0.2) is 0 Å². The molecule has 24 heavy (non-hydrogen) atoms. The number of nitro groups is 1. The molecule has 1 heterocycles. The predicted molar refractivity (Wildman–Crippen MR) is 96.2 cm³/mol. The Kier molecular flexibility index (Phi) is 5.73. The first-order chi connectivity index (χ1) is 11.6. The summed E-state index contributed by atoms with van der Waals surface area (Å²) in [4.78, 5) is 13.3. The van der Waals surface area contributed by atoms with Crippen molar-refractivity contribution in [2.45, 2.75) is 38.1 Å². The Balaban J connectivity index is 2.01. The average molecular weight is 398 g/mol. The molecule has 1 saturated carbocycles. The third-order valence-corrected chi connectivity index (χ3v) is 5.85. The summed E-state index contributed by atoms with van der Waals surface area (Å²) < 4.78 is 0.405. The van der Waals surface area contributed by atoms with E-state index in [1.165, 1.54) is 25.3 Å². The first kappa shape index (κ1) is 17.6. The molecule has 1 atom stereocenters. The Hall–Kier alpha value is -1.18. The van der Waals surface area contributed by atoms with E-state index in [1.807, 2.05) is 0 Å². The summed E-state index contributed by atoms with van der Waals surface area (Å²) >= 11 is 3.30. The first-order valence-corrected chi connectivity index (χ1v) is 9.49. The van der Waals surface area contributed by atoms with Gasteiger partial charge < -0.3 is 10.4 Å². The zero-order valence-electron chi connectivity index (χ0n) is 13.7. The van der Waals surface area contributed by atoms with Gasteiger partial charge in [0.25, 0.3) is 5.69 Å². The highest BCUT2D eigenvalue weighted by atomic mass is 79.9. The molecule has 6 nitrogen and oxygen atoms in total. The highest BCUT2D eigenvalue weighted by molar-refractivity contribution is 9.10. The fourth-order valence-electron chi connectivity index (χ4n) is 4.10. The van der Waals surface area contributed by atoms with Gasteiger partial charge in [-0.1, -0.05) is 19.3 Å². The Morgan fingerprint density at radius 2 is 1.92 bits per heavy atom. The molecule has 2 fully saturated rings. The van der Waals surface area contributed by atoms with Crippen LogP contribution in [0.15, 0.2) is 16.6 Å². The van der Waals surface area contributed by atoms with Crippen LogP contribution in [0.2, 0.25) is 0 Å². The molecule has 1 aromatic rings. The lowest BCUT2D eigenvalue weighted by atomic mass is 9.79. The molecule has 7 heteroatoms. The largest absolute Gasteiger partial charge is 0.506 e. The van der Waals surface area contributed by atoms with E-state index in [2.05, 4.69) is 26.1 Å². The van der Waals surface area contributed by atoms with Crippen LogP contribution in [0.25, 0.3) is 0 Å². The molecule has 1 aliphatic carbocycles. The summed E-state index contributed by atoms with van der Waals surface area (Å²) in [7, 11) is 0. The molecule has 0 amide bonds. The minimum Gasteiger partial charge on any atom is -0.506 e. The number of hydrogen-bond acceptors (Lipinski definition) is 5. The van der Waals surface area contributed by atoms with Gasteiger partial charge in [0.05, 0.1) is 9.40 Å². The van der Waals surface area contributed by atoms with E-state index in [-0.39, 0.29) is 22.4 Å². The van der Waals surface area contributed by atoms with Crippen LogP contribution in [-0.4, -0.2) is 41.1 Å².